The maximum absolute atomic E-state index is 13.3. The first-order valence-electron chi connectivity index (χ1n) is 6.39. The van der Waals surface area contributed by atoms with Crippen LogP contribution in [0.5, 0.6) is 5.75 Å². The minimum Gasteiger partial charge on any atom is -0.497 e. The first-order valence-corrected chi connectivity index (χ1v) is 6.39. The third-order valence-corrected chi connectivity index (χ3v) is 3.24. The second-order valence-corrected chi connectivity index (χ2v) is 4.57. The van der Waals surface area contributed by atoms with Gasteiger partial charge >= 0.3 is 0 Å². The molecule has 1 aliphatic rings. The minimum absolute atomic E-state index is 0.253. The van der Waals surface area contributed by atoms with Gasteiger partial charge in [0.25, 0.3) is 5.91 Å². The van der Waals surface area contributed by atoms with Gasteiger partial charge in [0, 0.05) is 23.1 Å². The molecule has 4 nitrogen and oxygen atoms in total. The van der Waals surface area contributed by atoms with Gasteiger partial charge in [0.15, 0.2) is 0 Å². The molecule has 2 aromatic carbocycles. The van der Waals surface area contributed by atoms with Crippen molar-refractivity contribution in [3.8, 4) is 5.75 Å². The van der Waals surface area contributed by atoms with Crippen molar-refractivity contribution < 1.29 is 13.9 Å². The Bertz CT molecular complexity index is 724. The number of halogens is 1. The smallest absolute Gasteiger partial charge is 0.257 e. The van der Waals surface area contributed by atoms with Crippen molar-refractivity contribution in [2.75, 3.05) is 17.7 Å². The second kappa shape index (κ2) is 5.28. The predicted octanol–water partition coefficient (Wildman–Crippen LogP) is 3.24. The zero-order chi connectivity index (χ0) is 14.8. The molecule has 21 heavy (non-hydrogen) atoms. The minimum atomic E-state index is -0.374. The molecule has 0 saturated carbocycles. The number of fused-ring (bicyclic) bond motifs is 1. The molecule has 0 saturated heterocycles. The van der Waals surface area contributed by atoms with Gasteiger partial charge in [-0.15, -0.1) is 0 Å². The molecule has 0 unspecified atom stereocenters. The van der Waals surface area contributed by atoms with Crippen molar-refractivity contribution in [2.45, 2.75) is 0 Å². The largest absolute Gasteiger partial charge is 0.497 e. The van der Waals surface area contributed by atoms with Gasteiger partial charge in [-0.05, 0) is 42.5 Å². The molecule has 0 bridgehead atoms. The molecule has 2 aromatic rings. The molecular formula is C16H13FN2O2. The Labute approximate surface area is 121 Å². The van der Waals surface area contributed by atoms with Gasteiger partial charge in [-0.3, -0.25) is 4.79 Å². The molecule has 3 rings (SSSR count). The number of benzene rings is 2. The molecule has 0 fully saturated rings. The van der Waals surface area contributed by atoms with E-state index in [9.17, 15) is 9.18 Å². The van der Waals surface area contributed by atoms with Gasteiger partial charge in [0.1, 0.15) is 11.6 Å². The molecule has 1 amide bonds. The summed E-state index contributed by atoms with van der Waals surface area (Å²) in [6.45, 7) is 0. The molecule has 1 aliphatic heterocycles. The van der Waals surface area contributed by atoms with E-state index in [-0.39, 0.29) is 11.7 Å². The number of hydrogen-bond donors (Lipinski definition) is 2. The quantitative estimate of drug-likeness (QED) is 0.851. The summed E-state index contributed by atoms with van der Waals surface area (Å²) in [5, 5.41) is 5.72. The zero-order valence-electron chi connectivity index (χ0n) is 11.3. The van der Waals surface area contributed by atoms with Gasteiger partial charge in [-0.1, -0.05) is 0 Å². The van der Waals surface area contributed by atoms with Crippen LogP contribution in [0.15, 0.2) is 48.7 Å². The maximum Gasteiger partial charge on any atom is 0.257 e. The van der Waals surface area contributed by atoms with Gasteiger partial charge in [-0.2, -0.15) is 0 Å². The highest BCUT2D eigenvalue weighted by Gasteiger charge is 2.24. The maximum atomic E-state index is 13.3. The standard InChI is InChI=1S/C16H13FN2O2/c1-21-12-5-3-11(4-6-12)18-9-14-13-8-10(17)2-7-15(13)19-16(14)20/h2-9,18H,1H3,(H,19,20)/b14-9+. The van der Waals surface area contributed by atoms with E-state index in [0.717, 1.165) is 11.4 Å². The van der Waals surface area contributed by atoms with Crippen LogP contribution in [0.4, 0.5) is 15.8 Å². The molecule has 106 valence electrons. The number of carbonyl (C=O) groups excluding carboxylic acids is 1. The van der Waals surface area contributed by atoms with Crippen molar-refractivity contribution >= 4 is 22.9 Å². The van der Waals surface area contributed by atoms with Crippen molar-refractivity contribution in [1.29, 1.82) is 0 Å². The number of rotatable bonds is 3. The highest BCUT2D eigenvalue weighted by Crippen LogP contribution is 2.32. The molecule has 0 atom stereocenters. The van der Waals surface area contributed by atoms with E-state index < -0.39 is 0 Å². The lowest BCUT2D eigenvalue weighted by atomic mass is 10.1. The lowest BCUT2D eigenvalue weighted by molar-refractivity contribution is -0.110. The van der Waals surface area contributed by atoms with Crippen LogP contribution in [-0.4, -0.2) is 13.0 Å². The Hall–Kier alpha value is -2.82. The SMILES string of the molecule is COc1ccc(N/C=C2/C(=O)Nc3ccc(F)cc32)cc1. The van der Waals surface area contributed by atoms with E-state index >= 15 is 0 Å². The molecule has 0 aliphatic carbocycles. The number of nitrogens with one attached hydrogen (secondary N) is 2. The van der Waals surface area contributed by atoms with E-state index in [4.69, 9.17) is 4.74 Å². The van der Waals surface area contributed by atoms with Gasteiger partial charge in [-0.25, -0.2) is 4.39 Å². The van der Waals surface area contributed by atoms with Crippen LogP contribution in [0.25, 0.3) is 5.57 Å². The van der Waals surface area contributed by atoms with Crippen molar-refractivity contribution in [1.82, 2.24) is 0 Å². The Morgan fingerprint density at radius 2 is 1.95 bits per heavy atom. The molecular weight excluding hydrogens is 271 g/mol. The Balaban J connectivity index is 1.86. The third-order valence-electron chi connectivity index (χ3n) is 3.24. The topological polar surface area (TPSA) is 50.4 Å². The predicted molar refractivity (Wildman–Crippen MR) is 79.6 cm³/mol. The lowest BCUT2D eigenvalue weighted by Gasteiger charge is -2.04. The summed E-state index contributed by atoms with van der Waals surface area (Å²) in [4.78, 5) is 11.9. The van der Waals surface area contributed by atoms with Crippen LogP contribution in [-0.2, 0) is 4.79 Å². The summed E-state index contributed by atoms with van der Waals surface area (Å²) in [6.07, 6.45) is 1.57. The normalized spacial score (nSPS) is 14.8. The van der Waals surface area contributed by atoms with Crippen molar-refractivity contribution in [3.63, 3.8) is 0 Å². The van der Waals surface area contributed by atoms with Crippen LogP contribution in [0.1, 0.15) is 5.56 Å². The number of hydrogen-bond acceptors (Lipinski definition) is 3. The van der Waals surface area contributed by atoms with Gasteiger partial charge in [0.2, 0.25) is 0 Å². The first-order chi connectivity index (χ1) is 10.2. The highest BCUT2D eigenvalue weighted by atomic mass is 19.1. The fraction of sp³-hybridized carbons (Fsp3) is 0.0625. The Morgan fingerprint density at radius 3 is 2.67 bits per heavy atom. The summed E-state index contributed by atoms with van der Waals surface area (Å²) < 4.78 is 18.4. The fourth-order valence-corrected chi connectivity index (χ4v) is 2.15. The molecule has 5 heteroatoms. The Morgan fingerprint density at radius 1 is 1.19 bits per heavy atom. The first kappa shape index (κ1) is 13.2. The van der Waals surface area contributed by atoms with Crippen molar-refractivity contribution in [3.05, 3.63) is 60.0 Å². The second-order valence-electron chi connectivity index (χ2n) is 4.57. The molecule has 0 radical (unpaired) electrons. The number of amides is 1. The van der Waals surface area contributed by atoms with Crippen molar-refractivity contribution in [2.24, 2.45) is 0 Å². The highest BCUT2D eigenvalue weighted by molar-refractivity contribution is 6.31. The van der Waals surface area contributed by atoms with Crippen LogP contribution < -0.4 is 15.4 Å². The molecule has 0 spiro atoms. The van der Waals surface area contributed by atoms with E-state index in [1.807, 2.05) is 24.3 Å². The zero-order valence-corrected chi connectivity index (χ0v) is 11.3. The monoisotopic (exact) mass is 284 g/mol. The average Bonchev–Trinajstić information content (AvgIpc) is 2.80. The van der Waals surface area contributed by atoms with Crippen LogP contribution >= 0.6 is 0 Å². The van der Waals surface area contributed by atoms with Gasteiger partial charge < -0.3 is 15.4 Å². The third kappa shape index (κ3) is 2.58. The molecule has 2 N–H and O–H groups in total. The van der Waals surface area contributed by atoms with Gasteiger partial charge in [0.05, 0.1) is 12.7 Å². The van der Waals surface area contributed by atoms with E-state index in [0.29, 0.717) is 16.8 Å². The fourth-order valence-electron chi connectivity index (χ4n) is 2.15. The Kier molecular flexibility index (Phi) is 3.31. The van der Waals surface area contributed by atoms with E-state index in [2.05, 4.69) is 10.6 Å². The van der Waals surface area contributed by atoms with Crippen LogP contribution in [0, 0.1) is 5.82 Å². The summed E-state index contributed by atoms with van der Waals surface area (Å²) in [6, 6.07) is 11.5. The summed E-state index contributed by atoms with van der Waals surface area (Å²) in [5.74, 6) is 0.122. The molecule has 1 heterocycles. The van der Waals surface area contributed by atoms with Crippen LogP contribution in [0.3, 0.4) is 0 Å². The number of carbonyl (C=O) groups is 1. The van der Waals surface area contributed by atoms with E-state index in [1.54, 1.807) is 19.4 Å². The lowest BCUT2D eigenvalue weighted by Crippen LogP contribution is -2.05. The van der Waals surface area contributed by atoms with Crippen LogP contribution in [0.2, 0.25) is 0 Å². The summed E-state index contributed by atoms with van der Waals surface area (Å²) >= 11 is 0. The summed E-state index contributed by atoms with van der Waals surface area (Å²) in [7, 11) is 1.60. The molecule has 0 aromatic heterocycles. The number of anilines is 2. The van der Waals surface area contributed by atoms with E-state index in [1.165, 1.54) is 12.1 Å². The summed E-state index contributed by atoms with van der Waals surface area (Å²) in [5.41, 5.74) is 2.38. The average molecular weight is 284 g/mol. The number of ether oxygens (including phenoxy) is 1. The number of methoxy groups -OCH3 is 1.